The van der Waals surface area contributed by atoms with E-state index in [1.165, 1.54) is 32.6 Å². The number of phenolic OH excluding ortho intramolecular Hbond substituents is 1. The highest BCUT2D eigenvalue weighted by Crippen LogP contribution is 2.29. The van der Waals surface area contributed by atoms with Crippen LogP contribution in [0.2, 0.25) is 0 Å². The van der Waals surface area contributed by atoms with Crippen molar-refractivity contribution in [2.24, 2.45) is 5.10 Å². The summed E-state index contributed by atoms with van der Waals surface area (Å²) in [4.78, 5) is 24.6. The molecule has 3 aromatic rings. The quantitative estimate of drug-likeness (QED) is 0.263. The van der Waals surface area contributed by atoms with Gasteiger partial charge in [-0.05, 0) is 48.0 Å². The summed E-state index contributed by atoms with van der Waals surface area (Å²) in [5.41, 5.74) is 3.32. The summed E-state index contributed by atoms with van der Waals surface area (Å²) in [6.45, 7) is 0. The molecule has 3 aromatic carbocycles. The number of nitrogens with one attached hydrogen (secondary N) is 1. The first-order valence-corrected chi connectivity index (χ1v) is 9.18. The molecule has 0 bridgehead atoms. The van der Waals surface area contributed by atoms with Crippen LogP contribution in [0.5, 0.6) is 23.0 Å². The Morgan fingerprint density at radius 1 is 0.871 bits per heavy atom. The van der Waals surface area contributed by atoms with Crippen molar-refractivity contribution in [2.45, 2.75) is 0 Å². The van der Waals surface area contributed by atoms with Crippen molar-refractivity contribution in [2.75, 3.05) is 14.2 Å². The van der Waals surface area contributed by atoms with Crippen molar-refractivity contribution >= 4 is 18.1 Å². The minimum Gasteiger partial charge on any atom is -0.507 e. The summed E-state index contributed by atoms with van der Waals surface area (Å²) in [5.74, 6) is -0.364. The summed E-state index contributed by atoms with van der Waals surface area (Å²) in [6, 6.07) is 17.7. The number of rotatable bonds is 7. The zero-order valence-corrected chi connectivity index (χ0v) is 16.9. The lowest BCUT2D eigenvalue weighted by atomic mass is 10.2. The molecule has 31 heavy (non-hydrogen) atoms. The maximum Gasteiger partial charge on any atom is 0.347 e. The van der Waals surface area contributed by atoms with Crippen LogP contribution in [0.25, 0.3) is 0 Å². The molecule has 0 radical (unpaired) electrons. The van der Waals surface area contributed by atoms with Crippen LogP contribution in [-0.4, -0.2) is 37.4 Å². The Balaban J connectivity index is 1.71. The van der Waals surface area contributed by atoms with E-state index >= 15 is 0 Å². The minimum atomic E-state index is -0.591. The van der Waals surface area contributed by atoms with Gasteiger partial charge >= 0.3 is 5.97 Å². The molecular formula is C23H20N2O6. The number of nitrogens with zero attached hydrogens (tertiary/aromatic N) is 1. The molecule has 1 amide bonds. The lowest BCUT2D eigenvalue weighted by molar-refractivity contribution is 0.0726. The van der Waals surface area contributed by atoms with Gasteiger partial charge in [-0.15, -0.1) is 0 Å². The summed E-state index contributed by atoms with van der Waals surface area (Å²) in [6.07, 6.45) is 1.40. The average molecular weight is 420 g/mol. The Morgan fingerprint density at radius 3 is 2.26 bits per heavy atom. The summed E-state index contributed by atoms with van der Waals surface area (Å²) in [5, 5.41) is 13.6. The fourth-order valence-electron chi connectivity index (χ4n) is 2.71. The molecule has 0 aromatic heterocycles. The number of ether oxygens (including phenoxy) is 3. The topological polar surface area (TPSA) is 106 Å². The molecule has 0 aliphatic carbocycles. The lowest BCUT2D eigenvalue weighted by Crippen LogP contribution is -2.17. The van der Waals surface area contributed by atoms with Gasteiger partial charge in [-0.25, -0.2) is 10.2 Å². The molecule has 8 heteroatoms. The van der Waals surface area contributed by atoms with E-state index in [-0.39, 0.29) is 22.6 Å². The lowest BCUT2D eigenvalue weighted by Gasteiger charge is -2.11. The third kappa shape index (κ3) is 5.18. The highest BCUT2D eigenvalue weighted by atomic mass is 16.6. The zero-order valence-electron chi connectivity index (χ0n) is 16.9. The fraction of sp³-hybridized carbons (Fsp3) is 0.0870. The van der Waals surface area contributed by atoms with E-state index in [2.05, 4.69) is 10.5 Å². The molecule has 0 spiro atoms. The van der Waals surface area contributed by atoms with E-state index in [0.29, 0.717) is 17.1 Å². The standard InChI is InChI=1S/C23H20N2O6/c1-29-19-10-6-4-8-17(19)23(28)31-20-12-11-15(13-21(20)30-2)14-24-25-22(27)16-7-3-5-9-18(16)26/h3-14,26H,1-2H3,(H,25,27)/b24-14+. The van der Waals surface area contributed by atoms with Gasteiger partial charge in [0.25, 0.3) is 5.91 Å². The van der Waals surface area contributed by atoms with Gasteiger partial charge in [0.1, 0.15) is 17.1 Å². The van der Waals surface area contributed by atoms with Crippen molar-refractivity contribution in [3.05, 3.63) is 83.4 Å². The number of hydrazone groups is 1. The number of aromatic hydroxyl groups is 1. The molecule has 0 unspecified atom stereocenters. The molecule has 0 saturated heterocycles. The Bertz CT molecular complexity index is 1130. The Kier molecular flexibility index (Phi) is 6.85. The number of hydrogen-bond acceptors (Lipinski definition) is 7. The molecule has 3 rings (SSSR count). The van der Waals surface area contributed by atoms with Crippen LogP contribution in [0.4, 0.5) is 0 Å². The number of amides is 1. The summed E-state index contributed by atoms with van der Waals surface area (Å²) in [7, 11) is 2.91. The van der Waals surface area contributed by atoms with Gasteiger partial charge in [0.2, 0.25) is 0 Å². The number of para-hydroxylation sites is 2. The van der Waals surface area contributed by atoms with Crippen molar-refractivity contribution in [3.8, 4) is 23.0 Å². The summed E-state index contributed by atoms with van der Waals surface area (Å²) >= 11 is 0. The Labute approximate surface area is 178 Å². The third-order valence-corrected chi connectivity index (χ3v) is 4.25. The second-order valence-electron chi connectivity index (χ2n) is 6.22. The monoisotopic (exact) mass is 420 g/mol. The van der Waals surface area contributed by atoms with Gasteiger partial charge in [0.15, 0.2) is 11.5 Å². The van der Waals surface area contributed by atoms with Gasteiger partial charge in [-0.1, -0.05) is 24.3 Å². The first-order chi connectivity index (χ1) is 15.0. The van der Waals surface area contributed by atoms with E-state index in [4.69, 9.17) is 14.2 Å². The Morgan fingerprint density at radius 2 is 1.55 bits per heavy atom. The molecule has 158 valence electrons. The van der Waals surface area contributed by atoms with Crippen LogP contribution in [0.15, 0.2) is 71.8 Å². The molecule has 0 aliphatic rings. The maximum absolute atomic E-state index is 12.5. The molecule has 0 saturated carbocycles. The molecule has 0 aliphatic heterocycles. The average Bonchev–Trinajstić information content (AvgIpc) is 2.80. The number of methoxy groups -OCH3 is 2. The van der Waals surface area contributed by atoms with E-state index in [1.807, 2.05) is 0 Å². The van der Waals surface area contributed by atoms with Crippen molar-refractivity contribution in [1.29, 1.82) is 0 Å². The van der Waals surface area contributed by atoms with E-state index in [0.717, 1.165) is 0 Å². The highest BCUT2D eigenvalue weighted by molar-refractivity contribution is 5.97. The van der Waals surface area contributed by atoms with Crippen LogP contribution in [0.3, 0.4) is 0 Å². The fourth-order valence-corrected chi connectivity index (χ4v) is 2.71. The predicted molar refractivity (Wildman–Crippen MR) is 114 cm³/mol. The van der Waals surface area contributed by atoms with Crippen LogP contribution >= 0.6 is 0 Å². The first-order valence-electron chi connectivity index (χ1n) is 9.18. The van der Waals surface area contributed by atoms with Gasteiger partial charge < -0.3 is 19.3 Å². The van der Waals surface area contributed by atoms with E-state index in [9.17, 15) is 14.7 Å². The molecule has 0 fully saturated rings. The number of benzene rings is 3. The minimum absolute atomic E-state index is 0.107. The number of carbonyl (C=O) groups is 2. The van der Waals surface area contributed by atoms with Crippen molar-refractivity contribution in [3.63, 3.8) is 0 Å². The van der Waals surface area contributed by atoms with Gasteiger partial charge in [-0.3, -0.25) is 4.79 Å². The van der Waals surface area contributed by atoms with Crippen molar-refractivity contribution < 1.29 is 28.9 Å². The van der Waals surface area contributed by atoms with Crippen molar-refractivity contribution in [1.82, 2.24) is 5.43 Å². The molecule has 2 N–H and O–H groups in total. The van der Waals surface area contributed by atoms with Crippen LogP contribution in [0.1, 0.15) is 26.3 Å². The van der Waals surface area contributed by atoms with Crippen LogP contribution in [-0.2, 0) is 0 Å². The number of esters is 1. The second-order valence-corrected chi connectivity index (χ2v) is 6.22. The number of phenols is 1. The molecule has 8 nitrogen and oxygen atoms in total. The Hall–Kier alpha value is -4.33. The number of hydrogen-bond donors (Lipinski definition) is 2. The smallest absolute Gasteiger partial charge is 0.347 e. The second kappa shape index (κ2) is 9.93. The van der Waals surface area contributed by atoms with E-state index in [1.54, 1.807) is 54.6 Å². The SMILES string of the molecule is COc1cc(/C=N/NC(=O)c2ccccc2O)ccc1OC(=O)c1ccccc1OC. The zero-order chi connectivity index (χ0) is 22.2. The van der Waals surface area contributed by atoms with E-state index < -0.39 is 11.9 Å². The largest absolute Gasteiger partial charge is 0.507 e. The highest BCUT2D eigenvalue weighted by Gasteiger charge is 2.16. The van der Waals surface area contributed by atoms with Gasteiger partial charge in [0.05, 0.1) is 26.0 Å². The summed E-state index contributed by atoms with van der Waals surface area (Å²) < 4.78 is 15.9. The van der Waals surface area contributed by atoms with Crippen LogP contribution < -0.4 is 19.6 Å². The first kappa shape index (κ1) is 21.4. The van der Waals surface area contributed by atoms with Gasteiger partial charge in [0, 0.05) is 0 Å². The van der Waals surface area contributed by atoms with Gasteiger partial charge in [-0.2, -0.15) is 5.10 Å². The predicted octanol–water partition coefficient (Wildman–Crippen LogP) is 3.39. The number of carbonyl (C=O) groups excluding carboxylic acids is 2. The molecular weight excluding hydrogens is 400 g/mol. The molecule has 0 atom stereocenters. The molecule has 0 heterocycles. The van der Waals surface area contributed by atoms with Crippen LogP contribution in [0, 0.1) is 0 Å². The third-order valence-electron chi connectivity index (χ3n) is 4.25. The maximum atomic E-state index is 12.5. The normalized spacial score (nSPS) is 10.5.